The number of methoxy groups -OCH3 is 1. The minimum atomic E-state index is 0.159. The third kappa shape index (κ3) is 2.96. The van der Waals surface area contributed by atoms with Crippen molar-refractivity contribution in [2.45, 2.75) is 19.0 Å². The van der Waals surface area contributed by atoms with E-state index in [0.29, 0.717) is 0 Å². The molecule has 5 rings (SSSR count). The lowest BCUT2D eigenvalue weighted by Crippen LogP contribution is -2.35. The highest BCUT2D eigenvalue weighted by atomic mass is 16.5. The van der Waals surface area contributed by atoms with E-state index in [1.54, 1.807) is 7.11 Å². The highest BCUT2D eigenvalue weighted by molar-refractivity contribution is 5.85. The molecule has 0 amide bonds. The summed E-state index contributed by atoms with van der Waals surface area (Å²) in [4.78, 5) is 10.6. The third-order valence-corrected chi connectivity index (χ3v) is 5.65. The Kier molecular flexibility index (Phi) is 4.34. The van der Waals surface area contributed by atoms with E-state index in [9.17, 15) is 0 Å². The molecule has 0 bridgehead atoms. The lowest BCUT2D eigenvalue weighted by molar-refractivity contribution is 0.201. The smallest absolute Gasteiger partial charge is 0.119 e. The first-order valence-electron chi connectivity index (χ1n) is 9.70. The number of hydrogen-bond donors (Lipinski definition) is 1. The van der Waals surface area contributed by atoms with Crippen molar-refractivity contribution in [1.29, 1.82) is 0 Å². The molecule has 1 N–H and O–H groups in total. The summed E-state index contributed by atoms with van der Waals surface area (Å²) in [5, 5.41) is 1.34. The number of fused-ring (bicyclic) bond motifs is 3. The average molecular weight is 369 g/mol. The van der Waals surface area contributed by atoms with Gasteiger partial charge in [-0.05, 0) is 47.4 Å². The first-order chi connectivity index (χ1) is 13.8. The maximum atomic E-state index is 5.51. The van der Waals surface area contributed by atoms with Gasteiger partial charge >= 0.3 is 0 Å². The molecule has 0 saturated heterocycles. The van der Waals surface area contributed by atoms with Crippen molar-refractivity contribution in [2.24, 2.45) is 0 Å². The van der Waals surface area contributed by atoms with Gasteiger partial charge in [0.2, 0.25) is 0 Å². The fourth-order valence-corrected chi connectivity index (χ4v) is 4.38. The maximum absolute atomic E-state index is 5.51. The molecule has 2 aromatic heterocycles. The van der Waals surface area contributed by atoms with Crippen molar-refractivity contribution < 1.29 is 4.74 Å². The van der Waals surface area contributed by atoms with E-state index >= 15 is 0 Å². The summed E-state index contributed by atoms with van der Waals surface area (Å²) in [5.41, 5.74) is 6.42. The number of aromatic amines is 1. The standard InChI is InChI=1S/C24H23N3O/c1-28-19-8-4-7-18(14-19)24-23-21(20-9-2-3-10-22(20)26-23)11-13-27(24)16-17-6-5-12-25-15-17/h2-10,12,14-15,24,26H,11,13,16H2,1H3. The van der Waals surface area contributed by atoms with E-state index in [4.69, 9.17) is 4.74 Å². The van der Waals surface area contributed by atoms with Crippen LogP contribution in [0, 0.1) is 0 Å². The Balaban J connectivity index is 1.63. The molecular formula is C24H23N3O. The highest BCUT2D eigenvalue weighted by Crippen LogP contribution is 2.39. The average Bonchev–Trinajstić information content (AvgIpc) is 3.13. The van der Waals surface area contributed by atoms with E-state index < -0.39 is 0 Å². The summed E-state index contributed by atoms with van der Waals surface area (Å²) in [5.74, 6) is 0.891. The zero-order chi connectivity index (χ0) is 18.9. The molecule has 1 unspecified atom stereocenters. The Bertz CT molecular complexity index is 1100. The number of ether oxygens (including phenoxy) is 1. The number of pyridine rings is 1. The topological polar surface area (TPSA) is 41.1 Å². The molecule has 0 saturated carbocycles. The summed E-state index contributed by atoms with van der Waals surface area (Å²) < 4.78 is 5.51. The first-order valence-corrected chi connectivity index (χ1v) is 9.70. The maximum Gasteiger partial charge on any atom is 0.119 e. The number of H-pyrrole nitrogens is 1. The van der Waals surface area contributed by atoms with Gasteiger partial charge in [-0.15, -0.1) is 0 Å². The van der Waals surface area contributed by atoms with E-state index in [2.05, 4.69) is 63.4 Å². The fourth-order valence-electron chi connectivity index (χ4n) is 4.38. The minimum absolute atomic E-state index is 0.159. The van der Waals surface area contributed by atoms with E-state index in [1.807, 2.05) is 24.5 Å². The molecule has 140 valence electrons. The number of hydrogen-bond acceptors (Lipinski definition) is 3. The number of rotatable bonds is 4. The molecule has 28 heavy (non-hydrogen) atoms. The molecule has 4 heteroatoms. The second-order valence-electron chi connectivity index (χ2n) is 7.32. The number of nitrogens with one attached hydrogen (secondary N) is 1. The number of aromatic nitrogens is 2. The van der Waals surface area contributed by atoms with Crippen molar-refractivity contribution in [3.05, 3.63) is 95.4 Å². The predicted molar refractivity (Wildman–Crippen MR) is 111 cm³/mol. The fraction of sp³-hybridized carbons (Fsp3) is 0.208. The van der Waals surface area contributed by atoms with Gasteiger partial charge in [0.1, 0.15) is 5.75 Å². The Morgan fingerprint density at radius 2 is 2.04 bits per heavy atom. The van der Waals surface area contributed by atoms with Crippen LogP contribution in [-0.2, 0) is 13.0 Å². The second kappa shape index (κ2) is 7.13. The van der Waals surface area contributed by atoms with Crippen LogP contribution in [-0.4, -0.2) is 28.5 Å². The van der Waals surface area contributed by atoms with Gasteiger partial charge in [-0.25, -0.2) is 0 Å². The summed E-state index contributed by atoms with van der Waals surface area (Å²) in [6.07, 6.45) is 4.83. The van der Waals surface area contributed by atoms with Gasteiger partial charge in [-0.1, -0.05) is 36.4 Å². The molecule has 0 radical (unpaired) electrons. The first kappa shape index (κ1) is 17.0. The van der Waals surface area contributed by atoms with Crippen LogP contribution in [0.2, 0.25) is 0 Å². The zero-order valence-electron chi connectivity index (χ0n) is 15.9. The summed E-state index contributed by atoms with van der Waals surface area (Å²) >= 11 is 0. The molecule has 4 aromatic rings. The lowest BCUT2D eigenvalue weighted by Gasteiger charge is -2.36. The van der Waals surface area contributed by atoms with Crippen molar-refractivity contribution in [1.82, 2.24) is 14.9 Å². The van der Waals surface area contributed by atoms with Crippen molar-refractivity contribution in [3.63, 3.8) is 0 Å². The highest BCUT2D eigenvalue weighted by Gasteiger charge is 2.31. The predicted octanol–water partition coefficient (Wildman–Crippen LogP) is 4.72. The lowest BCUT2D eigenvalue weighted by atomic mass is 9.92. The van der Waals surface area contributed by atoms with E-state index in [-0.39, 0.29) is 6.04 Å². The Morgan fingerprint density at radius 3 is 2.89 bits per heavy atom. The molecule has 0 aliphatic carbocycles. The molecule has 0 fully saturated rings. The molecule has 1 atom stereocenters. The molecule has 3 heterocycles. The number of nitrogens with zero attached hydrogens (tertiary/aromatic N) is 2. The minimum Gasteiger partial charge on any atom is -0.497 e. The third-order valence-electron chi connectivity index (χ3n) is 5.65. The van der Waals surface area contributed by atoms with Gasteiger partial charge in [0.05, 0.1) is 13.2 Å². The van der Waals surface area contributed by atoms with Crippen molar-refractivity contribution >= 4 is 10.9 Å². The largest absolute Gasteiger partial charge is 0.497 e. The molecule has 0 spiro atoms. The van der Waals surface area contributed by atoms with Crippen LogP contribution in [0.5, 0.6) is 5.75 Å². The molecule has 2 aromatic carbocycles. The second-order valence-corrected chi connectivity index (χ2v) is 7.32. The summed E-state index contributed by atoms with van der Waals surface area (Å²) in [6, 6.07) is 21.4. The normalized spacial score (nSPS) is 16.8. The Morgan fingerprint density at radius 1 is 1.11 bits per heavy atom. The van der Waals surface area contributed by atoms with Gasteiger partial charge in [-0.3, -0.25) is 9.88 Å². The summed E-state index contributed by atoms with van der Waals surface area (Å²) in [6.45, 7) is 1.87. The summed E-state index contributed by atoms with van der Waals surface area (Å²) in [7, 11) is 1.72. The molecular weight excluding hydrogens is 346 g/mol. The van der Waals surface area contributed by atoms with Crippen molar-refractivity contribution in [2.75, 3.05) is 13.7 Å². The van der Waals surface area contributed by atoms with Crippen LogP contribution in [0.15, 0.2) is 73.1 Å². The quantitative estimate of drug-likeness (QED) is 0.566. The number of para-hydroxylation sites is 1. The monoisotopic (exact) mass is 369 g/mol. The van der Waals surface area contributed by atoms with Crippen LogP contribution in [0.3, 0.4) is 0 Å². The van der Waals surface area contributed by atoms with E-state index in [0.717, 1.165) is 25.3 Å². The zero-order valence-corrected chi connectivity index (χ0v) is 15.9. The van der Waals surface area contributed by atoms with Gasteiger partial charge in [0, 0.05) is 42.1 Å². The SMILES string of the molecule is COc1cccc(C2c3[nH]c4ccccc4c3CCN2Cc2cccnc2)c1. The van der Waals surface area contributed by atoms with Crippen molar-refractivity contribution in [3.8, 4) is 5.75 Å². The van der Waals surface area contributed by atoms with E-state index in [1.165, 1.54) is 33.3 Å². The van der Waals surface area contributed by atoms with Gasteiger partial charge in [-0.2, -0.15) is 0 Å². The van der Waals surface area contributed by atoms with Gasteiger partial charge < -0.3 is 9.72 Å². The van der Waals surface area contributed by atoms with Gasteiger partial charge in [0.25, 0.3) is 0 Å². The Hall–Kier alpha value is -3.11. The van der Waals surface area contributed by atoms with Crippen LogP contribution < -0.4 is 4.74 Å². The van der Waals surface area contributed by atoms with Crippen LogP contribution in [0.4, 0.5) is 0 Å². The van der Waals surface area contributed by atoms with Crippen LogP contribution in [0.1, 0.15) is 28.4 Å². The number of benzene rings is 2. The molecule has 4 nitrogen and oxygen atoms in total. The Labute approximate surface area is 164 Å². The molecule has 1 aliphatic heterocycles. The van der Waals surface area contributed by atoms with Gasteiger partial charge in [0.15, 0.2) is 0 Å². The van der Waals surface area contributed by atoms with Crippen LogP contribution in [0.25, 0.3) is 10.9 Å². The van der Waals surface area contributed by atoms with Crippen LogP contribution >= 0.6 is 0 Å². The molecule has 1 aliphatic rings.